The summed E-state index contributed by atoms with van der Waals surface area (Å²) in [6, 6.07) is 11.9. The van der Waals surface area contributed by atoms with Crippen molar-refractivity contribution in [3.8, 4) is 0 Å². The van der Waals surface area contributed by atoms with Crippen LogP contribution in [0.15, 0.2) is 52.0 Å². The van der Waals surface area contributed by atoms with Gasteiger partial charge in [0.2, 0.25) is 0 Å². The zero-order chi connectivity index (χ0) is 10.5. The molecule has 2 aromatic rings. The van der Waals surface area contributed by atoms with E-state index in [-0.39, 0.29) is 0 Å². The molecule has 2 nitrogen and oxygen atoms in total. The molecule has 0 spiro atoms. The third-order valence-electron chi connectivity index (χ3n) is 2.07. The summed E-state index contributed by atoms with van der Waals surface area (Å²) < 4.78 is 10.7. The Kier molecular flexibility index (Phi) is 3.48. The molecule has 0 aliphatic carbocycles. The van der Waals surface area contributed by atoms with Crippen molar-refractivity contribution in [3.05, 3.63) is 54.0 Å². The second-order valence-corrected chi connectivity index (χ2v) is 3.69. The topological polar surface area (TPSA) is 22.4 Å². The van der Waals surface area contributed by atoms with E-state index in [2.05, 4.69) is 12.6 Å². The van der Waals surface area contributed by atoms with E-state index in [1.165, 1.54) is 0 Å². The van der Waals surface area contributed by atoms with Gasteiger partial charge in [0, 0.05) is 4.90 Å². The third-order valence-corrected chi connectivity index (χ3v) is 2.47. The predicted octanol–water partition coefficient (Wildman–Crippen LogP) is 3.29. The monoisotopic (exact) mass is 220 g/mol. The number of hydrogen-bond acceptors (Lipinski definition) is 3. The van der Waals surface area contributed by atoms with Gasteiger partial charge in [0.25, 0.3) is 0 Å². The molecule has 1 heterocycles. The van der Waals surface area contributed by atoms with Gasteiger partial charge in [-0.15, -0.1) is 12.6 Å². The van der Waals surface area contributed by atoms with Crippen LogP contribution in [0.5, 0.6) is 0 Å². The fraction of sp³-hybridized carbons (Fsp3) is 0.167. The van der Waals surface area contributed by atoms with Crippen molar-refractivity contribution in [3.63, 3.8) is 0 Å². The van der Waals surface area contributed by atoms with Gasteiger partial charge < -0.3 is 9.15 Å². The first kappa shape index (κ1) is 10.3. The largest absolute Gasteiger partial charge is 0.466 e. The molecular weight excluding hydrogens is 208 g/mol. The maximum absolute atomic E-state index is 5.50. The lowest BCUT2D eigenvalue weighted by Gasteiger charge is -2.02. The summed E-state index contributed by atoms with van der Waals surface area (Å²) in [4.78, 5) is 0.836. The van der Waals surface area contributed by atoms with E-state index in [9.17, 15) is 0 Å². The van der Waals surface area contributed by atoms with E-state index >= 15 is 0 Å². The van der Waals surface area contributed by atoms with Crippen LogP contribution in [0.3, 0.4) is 0 Å². The SMILES string of the molecule is Sc1ccoc1COCc1ccccc1. The van der Waals surface area contributed by atoms with Crippen LogP contribution in [0.1, 0.15) is 11.3 Å². The van der Waals surface area contributed by atoms with E-state index in [0.717, 1.165) is 16.2 Å². The summed E-state index contributed by atoms with van der Waals surface area (Å²) >= 11 is 4.24. The Morgan fingerprint density at radius 3 is 2.53 bits per heavy atom. The third kappa shape index (κ3) is 2.88. The maximum Gasteiger partial charge on any atom is 0.142 e. The lowest BCUT2D eigenvalue weighted by atomic mass is 10.2. The number of ether oxygens (including phenoxy) is 1. The van der Waals surface area contributed by atoms with Crippen molar-refractivity contribution in [1.29, 1.82) is 0 Å². The van der Waals surface area contributed by atoms with Crippen LogP contribution in [-0.2, 0) is 18.0 Å². The van der Waals surface area contributed by atoms with E-state index in [1.54, 1.807) is 6.26 Å². The molecule has 0 aliphatic rings. The second-order valence-electron chi connectivity index (χ2n) is 3.21. The van der Waals surface area contributed by atoms with Gasteiger partial charge in [-0.25, -0.2) is 0 Å². The highest BCUT2D eigenvalue weighted by Gasteiger charge is 2.02. The first-order valence-corrected chi connectivity index (χ1v) is 5.18. The molecule has 0 fully saturated rings. The normalized spacial score (nSPS) is 10.5. The molecule has 1 aromatic carbocycles. The van der Waals surface area contributed by atoms with Crippen LogP contribution in [-0.4, -0.2) is 0 Å². The number of rotatable bonds is 4. The molecule has 0 atom stereocenters. The summed E-state index contributed by atoms with van der Waals surface area (Å²) in [5, 5.41) is 0. The standard InChI is InChI=1S/C12H12O2S/c15-12-6-7-14-11(12)9-13-8-10-4-2-1-3-5-10/h1-7,15H,8-9H2. The lowest BCUT2D eigenvalue weighted by molar-refractivity contribution is 0.0909. The maximum atomic E-state index is 5.50. The van der Waals surface area contributed by atoms with Gasteiger partial charge >= 0.3 is 0 Å². The van der Waals surface area contributed by atoms with Gasteiger partial charge in [-0.3, -0.25) is 0 Å². The van der Waals surface area contributed by atoms with Crippen molar-refractivity contribution in [2.75, 3.05) is 0 Å². The Bertz CT molecular complexity index is 409. The fourth-order valence-corrected chi connectivity index (χ4v) is 1.46. The molecule has 1 aromatic heterocycles. The Morgan fingerprint density at radius 2 is 1.87 bits per heavy atom. The molecule has 0 amide bonds. The number of furan rings is 1. The molecular formula is C12H12O2S. The van der Waals surface area contributed by atoms with Gasteiger partial charge in [0.15, 0.2) is 0 Å². The van der Waals surface area contributed by atoms with Crippen molar-refractivity contribution >= 4 is 12.6 Å². The van der Waals surface area contributed by atoms with Crippen molar-refractivity contribution in [1.82, 2.24) is 0 Å². The van der Waals surface area contributed by atoms with Crippen LogP contribution in [0, 0.1) is 0 Å². The van der Waals surface area contributed by atoms with E-state index in [4.69, 9.17) is 9.15 Å². The van der Waals surface area contributed by atoms with Crippen LogP contribution in [0.25, 0.3) is 0 Å². The fourth-order valence-electron chi connectivity index (χ4n) is 1.28. The predicted molar refractivity (Wildman–Crippen MR) is 60.9 cm³/mol. The molecule has 3 heteroatoms. The summed E-state index contributed by atoms with van der Waals surface area (Å²) in [5.74, 6) is 0.772. The summed E-state index contributed by atoms with van der Waals surface area (Å²) in [7, 11) is 0. The Labute approximate surface area is 94.3 Å². The highest BCUT2D eigenvalue weighted by Crippen LogP contribution is 2.16. The minimum absolute atomic E-state index is 0.459. The molecule has 0 N–H and O–H groups in total. The Balaban J connectivity index is 1.83. The van der Waals surface area contributed by atoms with Gasteiger partial charge in [-0.2, -0.15) is 0 Å². The zero-order valence-electron chi connectivity index (χ0n) is 8.22. The molecule has 0 unspecified atom stereocenters. The first-order valence-electron chi connectivity index (χ1n) is 4.73. The quantitative estimate of drug-likeness (QED) is 0.799. The molecule has 0 bridgehead atoms. The smallest absolute Gasteiger partial charge is 0.142 e. The number of hydrogen-bond donors (Lipinski definition) is 1. The summed E-state index contributed by atoms with van der Waals surface area (Å²) in [6.07, 6.45) is 1.61. The van der Waals surface area contributed by atoms with Gasteiger partial charge in [0.1, 0.15) is 12.4 Å². The van der Waals surface area contributed by atoms with Crippen LogP contribution >= 0.6 is 12.6 Å². The van der Waals surface area contributed by atoms with Crippen LogP contribution in [0.4, 0.5) is 0 Å². The van der Waals surface area contributed by atoms with E-state index in [1.807, 2.05) is 36.4 Å². The van der Waals surface area contributed by atoms with Gasteiger partial charge in [0.05, 0.1) is 12.9 Å². The van der Waals surface area contributed by atoms with Gasteiger partial charge in [-0.1, -0.05) is 30.3 Å². The molecule has 0 radical (unpaired) electrons. The Morgan fingerprint density at radius 1 is 1.07 bits per heavy atom. The summed E-state index contributed by atoms with van der Waals surface area (Å²) in [6.45, 7) is 1.05. The average Bonchev–Trinajstić information content (AvgIpc) is 2.66. The van der Waals surface area contributed by atoms with Crippen LogP contribution < -0.4 is 0 Å². The lowest BCUT2D eigenvalue weighted by Crippen LogP contribution is -1.93. The minimum Gasteiger partial charge on any atom is -0.466 e. The van der Waals surface area contributed by atoms with Crippen molar-refractivity contribution in [2.24, 2.45) is 0 Å². The number of thiol groups is 1. The number of benzene rings is 1. The molecule has 0 saturated heterocycles. The van der Waals surface area contributed by atoms with E-state index in [0.29, 0.717) is 13.2 Å². The molecule has 78 valence electrons. The van der Waals surface area contributed by atoms with Crippen LogP contribution in [0.2, 0.25) is 0 Å². The zero-order valence-corrected chi connectivity index (χ0v) is 9.11. The molecule has 15 heavy (non-hydrogen) atoms. The minimum atomic E-state index is 0.459. The van der Waals surface area contributed by atoms with E-state index < -0.39 is 0 Å². The molecule has 0 saturated carbocycles. The molecule has 2 rings (SSSR count). The second kappa shape index (κ2) is 5.05. The van der Waals surface area contributed by atoms with Crippen molar-refractivity contribution < 1.29 is 9.15 Å². The summed E-state index contributed by atoms with van der Waals surface area (Å²) in [5.41, 5.74) is 1.16. The average molecular weight is 220 g/mol. The first-order chi connectivity index (χ1) is 7.36. The van der Waals surface area contributed by atoms with Crippen molar-refractivity contribution in [2.45, 2.75) is 18.1 Å². The Hall–Kier alpha value is -1.19. The van der Waals surface area contributed by atoms with Gasteiger partial charge in [-0.05, 0) is 11.6 Å². The highest BCUT2D eigenvalue weighted by atomic mass is 32.1. The molecule has 0 aliphatic heterocycles. The highest BCUT2D eigenvalue weighted by molar-refractivity contribution is 7.80.